The summed E-state index contributed by atoms with van der Waals surface area (Å²) in [6, 6.07) is 21.3. The van der Waals surface area contributed by atoms with Crippen LogP contribution in [0.15, 0.2) is 71.1 Å². The number of carbonyl (C=O) groups is 2. The number of rotatable bonds is 7. The molecule has 0 fully saturated rings. The first-order chi connectivity index (χ1) is 15.2. The molecule has 0 aliphatic heterocycles. The van der Waals surface area contributed by atoms with Gasteiger partial charge in [-0.1, -0.05) is 42.5 Å². The summed E-state index contributed by atoms with van der Waals surface area (Å²) in [5.74, 6) is -1.17. The Labute approximate surface area is 185 Å². The Morgan fingerprint density at radius 1 is 0.969 bits per heavy atom. The molecule has 3 aromatic carbocycles. The number of carboxylic acids is 1. The van der Waals surface area contributed by atoms with Crippen LogP contribution < -0.4 is 5.32 Å². The Kier molecular flexibility index (Phi) is 5.53. The third-order valence-electron chi connectivity index (χ3n) is 5.40. The van der Waals surface area contributed by atoms with Crippen molar-refractivity contribution in [3.63, 3.8) is 0 Å². The predicted molar refractivity (Wildman–Crippen MR) is 124 cm³/mol. The second-order valence-electron chi connectivity index (χ2n) is 8.56. The van der Waals surface area contributed by atoms with Crippen LogP contribution in [0.4, 0.5) is 11.7 Å². The van der Waals surface area contributed by atoms with E-state index >= 15 is 0 Å². The molecule has 0 amide bonds. The van der Waals surface area contributed by atoms with Gasteiger partial charge in [-0.3, -0.25) is 9.59 Å². The smallest absolute Gasteiger partial charge is 0.309 e. The van der Waals surface area contributed by atoms with E-state index in [1.165, 1.54) is 0 Å². The van der Waals surface area contributed by atoms with Gasteiger partial charge in [-0.15, -0.1) is 0 Å². The van der Waals surface area contributed by atoms with E-state index in [9.17, 15) is 14.7 Å². The molecule has 4 rings (SSSR count). The van der Waals surface area contributed by atoms with E-state index < -0.39 is 11.4 Å². The molecule has 2 N–H and O–H groups in total. The van der Waals surface area contributed by atoms with Gasteiger partial charge in [0, 0.05) is 17.7 Å². The second-order valence-corrected chi connectivity index (χ2v) is 8.56. The first kappa shape index (κ1) is 21.3. The normalized spacial score (nSPS) is 11.5. The Bertz CT molecular complexity index is 1290. The summed E-state index contributed by atoms with van der Waals surface area (Å²) < 4.78 is 5.74. The highest BCUT2D eigenvalue weighted by atomic mass is 16.4. The van der Waals surface area contributed by atoms with E-state index in [0.717, 1.165) is 33.5 Å². The van der Waals surface area contributed by atoms with Crippen LogP contribution in [-0.2, 0) is 4.79 Å². The lowest BCUT2D eigenvalue weighted by Crippen LogP contribution is -2.26. The first-order valence-electron chi connectivity index (χ1n) is 10.3. The fourth-order valence-corrected chi connectivity index (χ4v) is 3.39. The number of nitrogens with zero attached hydrogens (tertiary/aromatic N) is 1. The summed E-state index contributed by atoms with van der Waals surface area (Å²) in [5, 5.41) is 12.4. The average molecular weight is 428 g/mol. The van der Waals surface area contributed by atoms with Gasteiger partial charge in [0.05, 0.1) is 5.41 Å². The molecule has 0 bridgehead atoms. The summed E-state index contributed by atoms with van der Waals surface area (Å²) in [4.78, 5) is 28.2. The number of aryl methyl sites for hydroxylation is 1. The second kappa shape index (κ2) is 8.30. The monoisotopic (exact) mass is 428 g/mol. The van der Waals surface area contributed by atoms with Crippen molar-refractivity contribution in [3.05, 3.63) is 77.9 Å². The highest BCUT2D eigenvalue weighted by molar-refractivity contribution is 5.99. The van der Waals surface area contributed by atoms with Crippen molar-refractivity contribution in [2.75, 3.05) is 5.32 Å². The molecular weight excluding hydrogens is 404 g/mol. The van der Waals surface area contributed by atoms with E-state index in [1.54, 1.807) is 26.0 Å². The zero-order chi connectivity index (χ0) is 22.9. The molecule has 6 heteroatoms. The summed E-state index contributed by atoms with van der Waals surface area (Å²) in [6.07, 6.45) is -0.0442. The lowest BCUT2D eigenvalue weighted by molar-refractivity contribution is -0.146. The minimum absolute atomic E-state index is 0.0442. The van der Waals surface area contributed by atoms with Gasteiger partial charge < -0.3 is 14.8 Å². The van der Waals surface area contributed by atoms with E-state index in [0.29, 0.717) is 11.6 Å². The zero-order valence-electron chi connectivity index (χ0n) is 18.2. The largest absolute Gasteiger partial charge is 0.481 e. The highest BCUT2D eigenvalue weighted by Gasteiger charge is 2.30. The van der Waals surface area contributed by atoms with Crippen LogP contribution in [0, 0.1) is 12.3 Å². The third-order valence-corrected chi connectivity index (χ3v) is 5.40. The van der Waals surface area contributed by atoms with Crippen molar-refractivity contribution in [1.29, 1.82) is 0 Å². The van der Waals surface area contributed by atoms with Crippen molar-refractivity contribution in [3.8, 4) is 11.1 Å². The van der Waals surface area contributed by atoms with Crippen LogP contribution in [0.25, 0.3) is 22.2 Å². The molecule has 1 aromatic heterocycles. The lowest BCUT2D eigenvalue weighted by Gasteiger charge is -2.17. The van der Waals surface area contributed by atoms with Crippen molar-refractivity contribution in [2.45, 2.75) is 27.2 Å². The number of ketones is 1. The van der Waals surface area contributed by atoms with Crippen molar-refractivity contribution in [2.24, 2.45) is 5.41 Å². The lowest BCUT2D eigenvalue weighted by atomic mass is 9.85. The molecule has 0 aliphatic carbocycles. The van der Waals surface area contributed by atoms with Gasteiger partial charge in [0.15, 0.2) is 11.4 Å². The van der Waals surface area contributed by atoms with E-state index in [4.69, 9.17) is 4.42 Å². The number of nitrogens with one attached hydrogen (secondary N) is 1. The van der Waals surface area contributed by atoms with E-state index in [1.807, 2.05) is 61.5 Å². The Hall–Kier alpha value is -3.93. The molecule has 0 atom stereocenters. The maximum atomic E-state index is 12.4. The van der Waals surface area contributed by atoms with Gasteiger partial charge in [0.2, 0.25) is 0 Å². The number of aromatic nitrogens is 1. The quantitative estimate of drug-likeness (QED) is 0.339. The van der Waals surface area contributed by atoms with Gasteiger partial charge in [-0.25, -0.2) is 0 Å². The van der Waals surface area contributed by atoms with Crippen molar-refractivity contribution < 1.29 is 19.1 Å². The van der Waals surface area contributed by atoms with Gasteiger partial charge in [0.25, 0.3) is 6.01 Å². The zero-order valence-corrected chi connectivity index (χ0v) is 18.2. The summed E-state index contributed by atoms with van der Waals surface area (Å²) in [6.45, 7) is 5.12. The van der Waals surface area contributed by atoms with Crippen molar-refractivity contribution >= 4 is 34.6 Å². The number of oxazole rings is 1. The Balaban J connectivity index is 1.45. The standard InChI is InChI=1S/C26H24N2O4/c1-16-4-13-23-21(14-16)28-25(32-23)27-20-11-9-18(10-12-20)17-5-7-19(8-6-17)22(29)15-26(2,3)24(30)31/h4-14H,15H2,1-3H3,(H,27,28)(H,30,31). The molecule has 32 heavy (non-hydrogen) atoms. The van der Waals surface area contributed by atoms with Crippen LogP contribution in [0.1, 0.15) is 36.2 Å². The fourth-order valence-electron chi connectivity index (χ4n) is 3.39. The number of anilines is 2. The van der Waals surface area contributed by atoms with Crippen LogP contribution in [0.2, 0.25) is 0 Å². The number of benzene rings is 3. The minimum atomic E-state index is -1.09. The Morgan fingerprint density at radius 2 is 1.59 bits per heavy atom. The molecule has 162 valence electrons. The van der Waals surface area contributed by atoms with Crippen LogP contribution in [-0.4, -0.2) is 21.8 Å². The third kappa shape index (κ3) is 4.54. The molecule has 0 saturated heterocycles. The van der Waals surface area contributed by atoms with E-state index in [2.05, 4.69) is 10.3 Å². The summed E-state index contributed by atoms with van der Waals surface area (Å²) >= 11 is 0. The number of carboxylic acid groups (broad SMARTS) is 1. The molecule has 4 aromatic rings. The van der Waals surface area contributed by atoms with Crippen LogP contribution in [0.3, 0.4) is 0 Å². The van der Waals surface area contributed by atoms with Gasteiger partial charge in [-0.05, 0) is 61.7 Å². The first-order valence-corrected chi connectivity index (χ1v) is 10.3. The number of Topliss-reactive ketones (excluding diaryl/α,β-unsaturated/α-hetero) is 1. The molecule has 0 aliphatic rings. The predicted octanol–water partition coefficient (Wildman–Crippen LogP) is 6.23. The van der Waals surface area contributed by atoms with Crippen LogP contribution in [0.5, 0.6) is 0 Å². The molecule has 1 heterocycles. The van der Waals surface area contributed by atoms with E-state index in [-0.39, 0.29) is 12.2 Å². The fraction of sp³-hybridized carbons (Fsp3) is 0.192. The van der Waals surface area contributed by atoms with Crippen LogP contribution >= 0.6 is 0 Å². The maximum absolute atomic E-state index is 12.4. The molecule has 0 radical (unpaired) electrons. The molecule has 0 unspecified atom stereocenters. The SMILES string of the molecule is Cc1ccc2oc(Nc3ccc(-c4ccc(C(=O)CC(C)(C)C(=O)O)cc4)cc3)nc2c1. The Morgan fingerprint density at radius 3 is 2.22 bits per heavy atom. The minimum Gasteiger partial charge on any atom is -0.481 e. The molecule has 0 spiro atoms. The number of carbonyl (C=O) groups excluding carboxylic acids is 1. The number of hydrogen-bond acceptors (Lipinski definition) is 5. The molecule has 6 nitrogen and oxygen atoms in total. The van der Waals surface area contributed by atoms with Gasteiger partial charge in [-0.2, -0.15) is 4.98 Å². The number of fused-ring (bicyclic) bond motifs is 1. The highest BCUT2D eigenvalue weighted by Crippen LogP contribution is 2.27. The number of hydrogen-bond donors (Lipinski definition) is 2. The average Bonchev–Trinajstić information content (AvgIpc) is 3.15. The van der Waals surface area contributed by atoms with Gasteiger partial charge >= 0.3 is 5.97 Å². The van der Waals surface area contributed by atoms with Gasteiger partial charge in [0.1, 0.15) is 5.52 Å². The number of aliphatic carboxylic acids is 1. The topological polar surface area (TPSA) is 92.4 Å². The summed E-state index contributed by atoms with van der Waals surface area (Å²) in [5.41, 5.74) is 4.89. The van der Waals surface area contributed by atoms with Crippen molar-refractivity contribution in [1.82, 2.24) is 4.98 Å². The maximum Gasteiger partial charge on any atom is 0.309 e. The molecular formula is C26H24N2O4. The summed E-state index contributed by atoms with van der Waals surface area (Å²) in [7, 11) is 0. The molecule has 0 saturated carbocycles.